The van der Waals surface area contributed by atoms with Gasteiger partial charge in [0.25, 0.3) is 0 Å². The van der Waals surface area contributed by atoms with E-state index in [-0.39, 0.29) is 6.04 Å². The van der Waals surface area contributed by atoms with Crippen molar-refractivity contribution in [1.82, 2.24) is 0 Å². The van der Waals surface area contributed by atoms with E-state index >= 15 is 0 Å². The molecular formula is C19H25NO. The van der Waals surface area contributed by atoms with E-state index in [4.69, 9.17) is 10.5 Å². The van der Waals surface area contributed by atoms with E-state index in [1.807, 2.05) is 12.1 Å². The molecule has 0 aliphatic carbocycles. The predicted octanol–water partition coefficient (Wildman–Crippen LogP) is 4.14. The fourth-order valence-corrected chi connectivity index (χ4v) is 2.56. The number of rotatable bonds is 6. The maximum Gasteiger partial charge on any atom is 0.118 e. The summed E-state index contributed by atoms with van der Waals surface area (Å²) in [7, 11) is 1.68. The Morgan fingerprint density at radius 2 is 1.67 bits per heavy atom. The van der Waals surface area contributed by atoms with E-state index < -0.39 is 0 Å². The molecule has 2 aromatic carbocycles. The molecule has 2 aromatic rings. The van der Waals surface area contributed by atoms with Gasteiger partial charge in [-0.2, -0.15) is 0 Å². The Kier molecular flexibility index (Phi) is 5.40. The molecule has 2 N–H and O–H groups in total. The molecule has 1 atom stereocenters. The van der Waals surface area contributed by atoms with Crippen molar-refractivity contribution in [2.45, 2.75) is 32.7 Å². The second-order valence-corrected chi connectivity index (χ2v) is 6.00. The van der Waals surface area contributed by atoms with Crippen molar-refractivity contribution in [3.05, 3.63) is 65.2 Å². The second-order valence-electron chi connectivity index (χ2n) is 6.00. The van der Waals surface area contributed by atoms with Crippen LogP contribution in [-0.2, 0) is 12.8 Å². The van der Waals surface area contributed by atoms with Crippen LogP contribution in [0.2, 0.25) is 0 Å². The highest BCUT2D eigenvalue weighted by atomic mass is 16.5. The summed E-state index contributed by atoms with van der Waals surface area (Å²) in [6.45, 7) is 4.48. The van der Waals surface area contributed by atoms with E-state index in [0.29, 0.717) is 5.92 Å². The lowest BCUT2D eigenvalue weighted by atomic mass is 9.95. The number of benzene rings is 2. The zero-order valence-electron chi connectivity index (χ0n) is 13.2. The van der Waals surface area contributed by atoms with Crippen LogP contribution < -0.4 is 10.5 Å². The molecule has 0 amide bonds. The Morgan fingerprint density at radius 3 is 2.29 bits per heavy atom. The summed E-state index contributed by atoms with van der Waals surface area (Å²) in [6, 6.07) is 16.8. The number of ether oxygens (including phenoxy) is 1. The molecule has 0 aromatic heterocycles. The molecule has 1 unspecified atom stereocenters. The van der Waals surface area contributed by atoms with E-state index in [2.05, 4.69) is 50.2 Å². The first-order chi connectivity index (χ1) is 10.1. The van der Waals surface area contributed by atoms with Crippen molar-refractivity contribution in [3.63, 3.8) is 0 Å². The summed E-state index contributed by atoms with van der Waals surface area (Å²) >= 11 is 0. The first-order valence-corrected chi connectivity index (χ1v) is 7.56. The standard InChI is InChI=1S/C19H25NO/c1-14(2)11-16-5-4-6-17(12-16)19(20)13-15-7-9-18(21-3)10-8-15/h4-10,12,14,19H,11,13,20H2,1-3H3. The van der Waals surface area contributed by atoms with Crippen LogP contribution in [0, 0.1) is 5.92 Å². The Labute approximate surface area is 127 Å². The fourth-order valence-electron chi connectivity index (χ4n) is 2.56. The Hall–Kier alpha value is -1.80. The first-order valence-electron chi connectivity index (χ1n) is 7.56. The maximum absolute atomic E-state index is 6.37. The summed E-state index contributed by atoms with van der Waals surface area (Å²) in [5.41, 5.74) is 10.2. The van der Waals surface area contributed by atoms with Gasteiger partial charge >= 0.3 is 0 Å². The van der Waals surface area contributed by atoms with Crippen LogP contribution >= 0.6 is 0 Å². The third kappa shape index (κ3) is 4.61. The van der Waals surface area contributed by atoms with E-state index in [9.17, 15) is 0 Å². The number of hydrogen-bond acceptors (Lipinski definition) is 2. The van der Waals surface area contributed by atoms with Crippen LogP contribution in [0.5, 0.6) is 5.75 Å². The molecule has 0 spiro atoms. The van der Waals surface area contributed by atoms with Crippen LogP contribution in [0.4, 0.5) is 0 Å². The van der Waals surface area contributed by atoms with E-state index in [1.54, 1.807) is 7.11 Å². The minimum atomic E-state index is 0.0329. The summed E-state index contributed by atoms with van der Waals surface area (Å²) < 4.78 is 5.18. The van der Waals surface area contributed by atoms with Crippen molar-refractivity contribution < 1.29 is 4.74 Å². The minimum absolute atomic E-state index is 0.0329. The number of nitrogens with two attached hydrogens (primary N) is 1. The summed E-state index contributed by atoms with van der Waals surface area (Å²) in [5.74, 6) is 1.55. The van der Waals surface area contributed by atoms with E-state index in [1.165, 1.54) is 16.7 Å². The van der Waals surface area contributed by atoms with Gasteiger partial charge in [0.15, 0.2) is 0 Å². The third-order valence-corrected chi connectivity index (χ3v) is 3.64. The van der Waals surface area contributed by atoms with E-state index in [0.717, 1.165) is 18.6 Å². The second kappa shape index (κ2) is 7.28. The molecule has 0 radical (unpaired) electrons. The van der Waals surface area contributed by atoms with Crippen molar-refractivity contribution in [2.24, 2.45) is 11.7 Å². The highest BCUT2D eigenvalue weighted by Gasteiger charge is 2.08. The fraction of sp³-hybridized carbons (Fsp3) is 0.368. The van der Waals surface area contributed by atoms with Crippen molar-refractivity contribution in [3.8, 4) is 5.75 Å². The molecular weight excluding hydrogens is 258 g/mol. The van der Waals surface area contributed by atoms with Gasteiger partial charge in [0, 0.05) is 6.04 Å². The molecule has 0 heterocycles. The van der Waals surface area contributed by atoms with Gasteiger partial charge in [-0.05, 0) is 47.6 Å². The summed E-state index contributed by atoms with van der Waals surface area (Å²) in [5, 5.41) is 0. The van der Waals surface area contributed by atoms with Gasteiger partial charge in [-0.3, -0.25) is 0 Å². The number of methoxy groups -OCH3 is 1. The monoisotopic (exact) mass is 283 g/mol. The lowest BCUT2D eigenvalue weighted by molar-refractivity contribution is 0.414. The average molecular weight is 283 g/mol. The minimum Gasteiger partial charge on any atom is -0.497 e. The smallest absolute Gasteiger partial charge is 0.118 e. The van der Waals surface area contributed by atoms with Gasteiger partial charge < -0.3 is 10.5 Å². The van der Waals surface area contributed by atoms with Crippen LogP contribution in [0.1, 0.15) is 36.6 Å². The first kappa shape index (κ1) is 15.6. The van der Waals surface area contributed by atoms with Gasteiger partial charge in [0.1, 0.15) is 5.75 Å². The maximum atomic E-state index is 6.37. The molecule has 2 rings (SSSR count). The van der Waals surface area contributed by atoms with Gasteiger partial charge in [0.05, 0.1) is 7.11 Å². The molecule has 0 aliphatic heterocycles. The van der Waals surface area contributed by atoms with Crippen molar-refractivity contribution in [1.29, 1.82) is 0 Å². The topological polar surface area (TPSA) is 35.2 Å². The highest BCUT2D eigenvalue weighted by Crippen LogP contribution is 2.20. The zero-order valence-corrected chi connectivity index (χ0v) is 13.2. The molecule has 0 bridgehead atoms. The normalized spacial score (nSPS) is 12.4. The zero-order chi connectivity index (χ0) is 15.2. The molecule has 2 nitrogen and oxygen atoms in total. The molecule has 0 aliphatic rings. The van der Waals surface area contributed by atoms with Crippen LogP contribution in [0.15, 0.2) is 48.5 Å². The summed E-state index contributed by atoms with van der Waals surface area (Å²) in [4.78, 5) is 0. The lowest BCUT2D eigenvalue weighted by Gasteiger charge is -2.14. The Bertz CT molecular complexity index is 560. The molecule has 112 valence electrons. The number of hydrogen-bond donors (Lipinski definition) is 1. The van der Waals surface area contributed by atoms with Crippen molar-refractivity contribution >= 4 is 0 Å². The van der Waals surface area contributed by atoms with Crippen molar-refractivity contribution in [2.75, 3.05) is 7.11 Å². The van der Waals surface area contributed by atoms with Gasteiger partial charge in [-0.15, -0.1) is 0 Å². The average Bonchev–Trinajstić information content (AvgIpc) is 2.47. The Balaban J connectivity index is 2.06. The molecule has 21 heavy (non-hydrogen) atoms. The molecule has 0 saturated carbocycles. The molecule has 2 heteroatoms. The van der Waals surface area contributed by atoms with Crippen LogP contribution in [-0.4, -0.2) is 7.11 Å². The Morgan fingerprint density at radius 1 is 0.952 bits per heavy atom. The third-order valence-electron chi connectivity index (χ3n) is 3.64. The molecule has 0 saturated heterocycles. The quantitative estimate of drug-likeness (QED) is 0.865. The lowest BCUT2D eigenvalue weighted by Crippen LogP contribution is -2.13. The van der Waals surface area contributed by atoms with Gasteiger partial charge in [0.2, 0.25) is 0 Å². The van der Waals surface area contributed by atoms with Crippen LogP contribution in [0.3, 0.4) is 0 Å². The highest BCUT2D eigenvalue weighted by molar-refractivity contribution is 5.31. The van der Waals surface area contributed by atoms with Crippen LogP contribution in [0.25, 0.3) is 0 Å². The van der Waals surface area contributed by atoms with Gasteiger partial charge in [-0.25, -0.2) is 0 Å². The largest absolute Gasteiger partial charge is 0.497 e. The summed E-state index contributed by atoms with van der Waals surface area (Å²) in [6.07, 6.45) is 1.94. The SMILES string of the molecule is COc1ccc(CC(N)c2cccc(CC(C)C)c2)cc1. The van der Waals surface area contributed by atoms with Gasteiger partial charge in [-0.1, -0.05) is 50.2 Å². The predicted molar refractivity (Wildman–Crippen MR) is 88.6 cm³/mol. The molecule has 0 fully saturated rings.